The number of carboxylic acids is 1. The summed E-state index contributed by atoms with van der Waals surface area (Å²) in [7, 11) is 8.71. The maximum absolute atomic E-state index is 12.5. The van der Waals surface area contributed by atoms with Crippen molar-refractivity contribution in [1.29, 1.82) is 0 Å². The zero-order valence-electron chi connectivity index (χ0n) is 24.8. The molecule has 0 saturated heterocycles. The molecule has 1 aliphatic carbocycles. The van der Waals surface area contributed by atoms with Crippen molar-refractivity contribution in [3.05, 3.63) is 47.0 Å². The van der Waals surface area contributed by atoms with E-state index in [0.717, 1.165) is 62.4 Å². The number of carbonyl (C=O) groups is 1. The van der Waals surface area contributed by atoms with Gasteiger partial charge in [0.05, 0.1) is 34.4 Å². The first-order valence-corrected chi connectivity index (χ1v) is 14.1. The summed E-state index contributed by atoms with van der Waals surface area (Å²) in [5.41, 5.74) is 3.69. The molecule has 39 heavy (non-hydrogen) atoms. The number of aryl methyl sites for hydroxylation is 2. The van der Waals surface area contributed by atoms with E-state index in [1.165, 1.54) is 16.7 Å². The molecule has 0 amide bonds. The molecule has 1 N–H and O–H groups in total. The molecule has 7 heteroatoms. The number of carboxylic acid groups (broad SMARTS) is 1. The Morgan fingerprint density at radius 2 is 1.56 bits per heavy atom. The van der Waals surface area contributed by atoms with Gasteiger partial charge in [0.1, 0.15) is 0 Å². The van der Waals surface area contributed by atoms with Crippen LogP contribution in [0.15, 0.2) is 30.3 Å². The molecule has 2 aromatic carbocycles. The normalized spacial score (nSPS) is 17.6. The lowest BCUT2D eigenvalue weighted by Crippen LogP contribution is -2.36. The Morgan fingerprint density at radius 1 is 0.923 bits per heavy atom. The van der Waals surface area contributed by atoms with Crippen LogP contribution in [0.2, 0.25) is 0 Å². The van der Waals surface area contributed by atoms with Crippen molar-refractivity contribution in [2.45, 2.75) is 58.3 Å². The van der Waals surface area contributed by atoms with E-state index in [1.54, 1.807) is 28.4 Å². The number of rotatable bonds is 15. The summed E-state index contributed by atoms with van der Waals surface area (Å²) in [6.07, 6.45) is 5.46. The van der Waals surface area contributed by atoms with Crippen LogP contribution in [0.5, 0.6) is 23.0 Å². The molecule has 3 atom stereocenters. The van der Waals surface area contributed by atoms with Crippen molar-refractivity contribution in [3.8, 4) is 23.0 Å². The van der Waals surface area contributed by atoms with Gasteiger partial charge >= 0.3 is 5.97 Å². The number of unbranched alkanes of at least 4 members (excludes halogenated alkanes) is 1. The highest BCUT2D eigenvalue weighted by Crippen LogP contribution is 2.48. The average molecular weight is 542 g/mol. The summed E-state index contributed by atoms with van der Waals surface area (Å²) in [4.78, 5) is 14.8. The van der Waals surface area contributed by atoms with E-state index in [1.807, 2.05) is 12.1 Å². The first-order valence-electron chi connectivity index (χ1n) is 14.1. The van der Waals surface area contributed by atoms with Gasteiger partial charge in [0.15, 0.2) is 23.0 Å². The molecule has 0 spiro atoms. The third-order valence-electron chi connectivity index (χ3n) is 8.29. The van der Waals surface area contributed by atoms with Crippen LogP contribution in [0.25, 0.3) is 0 Å². The van der Waals surface area contributed by atoms with E-state index < -0.39 is 5.97 Å². The monoisotopic (exact) mass is 541 g/mol. The zero-order valence-corrected chi connectivity index (χ0v) is 24.8. The fourth-order valence-corrected chi connectivity index (χ4v) is 6.24. The van der Waals surface area contributed by atoms with Crippen LogP contribution < -0.4 is 18.9 Å². The van der Waals surface area contributed by atoms with Crippen molar-refractivity contribution >= 4 is 5.97 Å². The van der Waals surface area contributed by atoms with Crippen molar-refractivity contribution in [2.75, 3.05) is 48.6 Å². The number of methoxy groups -OCH3 is 4. The molecule has 1 unspecified atom stereocenters. The number of hydrogen-bond acceptors (Lipinski definition) is 6. The molecule has 0 radical (unpaired) electrons. The zero-order chi connectivity index (χ0) is 28.5. The fraction of sp³-hybridized carbons (Fsp3) is 0.594. The Bertz CT molecular complexity index is 1080. The van der Waals surface area contributed by atoms with Crippen LogP contribution in [-0.4, -0.2) is 64.6 Å². The summed E-state index contributed by atoms with van der Waals surface area (Å²) in [6.45, 7) is 6.12. The summed E-state index contributed by atoms with van der Waals surface area (Å²) in [6, 6.07) is 10.2. The van der Waals surface area contributed by atoms with Gasteiger partial charge in [-0.05, 0) is 117 Å². The van der Waals surface area contributed by atoms with Gasteiger partial charge in [-0.1, -0.05) is 19.9 Å². The molecule has 1 aliphatic rings. The van der Waals surface area contributed by atoms with E-state index in [-0.39, 0.29) is 17.8 Å². The van der Waals surface area contributed by atoms with Crippen LogP contribution in [0.4, 0.5) is 0 Å². The highest BCUT2D eigenvalue weighted by atomic mass is 16.5. The Kier molecular flexibility index (Phi) is 11.3. The molecule has 0 bridgehead atoms. The maximum atomic E-state index is 12.5. The Balaban J connectivity index is 1.59. The molecule has 216 valence electrons. The van der Waals surface area contributed by atoms with Crippen LogP contribution in [0.1, 0.15) is 62.1 Å². The van der Waals surface area contributed by atoms with E-state index in [2.05, 4.69) is 44.0 Å². The molecule has 0 aliphatic heterocycles. The quantitative estimate of drug-likeness (QED) is 0.274. The average Bonchev–Trinajstić information content (AvgIpc) is 2.93. The van der Waals surface area contributed by atoms with Gasteiger partial charge in [0.25, 0.3) is 0 Å². The van der Waals surface area contributed by atoms with Gasteiger partial charge in [-0.3, -0.25) is 4.79 Å². The van der Waals surface area contributed by atoms with E-state index in [9.17, 15) is 9.90 Å². The van der Waals surface area contributed by atoms with Crippen LogP contribution >= 0.6 is 0 Å². The number of aliphatic carboxylic acids is 1. The van der Waals surface area contributed by atoms with E-state index in [4.69, 9.17) is 18.9 Å². The number of ether oxygens (including phenoxy) is 4. The second kappa shape index (κ2) is 14.5. The first-order chi connectivity index (χ1) is 18.7. The Hall–Kier alpha value is -2.93. The van der Waals surface area contributed by atoms with Gasteiger partial charge in [0, 0.05) is 0 Å². The smallest absolute Gasteiger partial charge is 0.306 e. The predicted molar refractivity (Wildman–Crippen MR) is 155 cm³/mol. The predicted octanol–water partition coefficient (Wildman–Crippen LogP) is 6.07. The summed E-state index contributed by atoms with van der Waals surface area (Å²) < 4.78 is 21.9. The lowest BCUT2D eigenvalue weighted by atomic mass is 9.65. The van der Waals surface area contributed by atoms with Gasteiger partial charge < -0.3 is 29.0 Å². The maximum Gasteiger partial charge on any atom is 0.306 e. The molecule has 0 saturated carbocycles. The van der Waals surface area contributed by atoms with Gasteiger partial charge in [0.2, 0.25) is 0 Å². The molecule has 7 nitrogen and oxygen atoms in total. The Morgan fingerprint density at radius 3 is 2.18 bits per heavy atom. The lowest BCUT2D eigenvalue weighted by Gasteiger charge is -2.40. The van der Waals surface area contributed by atoms with E-state index in [0.29, 0.717) is 18.1 Å². The van der Waals surface area contributed by atoms with Crippen LogP contribution in [0, 0.1) is 17.8 Å². The van der Waals surface area contributed by atoms with Crippen molar-refractivity contribution in [3.63, 3.8) is 0 Å². The highest BCUT2D eigenvalue weighted by molar-refractivity contribution is 5.71. The molecular formula is C32H47NO6. The molecular weight excluding hydrogens is 494 g/mol. The molecule has 0 fully saturated rings. The van der Waals surface area contributed by atoms with Gasteiger partial charge in [-0.2, -0.15) is 0 Å². The third kappa shape index (κ3) is 7.59. The minimum absolute atomic E-state index is 0.0894. The van der Waals surface area contributed by atoms with Crippen LogP contribution in [-0.2, 0) is 17.6 Å². The van der Waals surface area contributed by atoms with Crippen molar-refractivity contribution < 1.29 is 28.8 Å². The topological polar surface area (TPSA) is 77.5 Å². The van der Waals surface area contributed by atoms with Crippen molar-refractivity contribution in [1.82, 2.24) is 4.90 Å². The van der Waals surface area contributed by atoms with Gasteiger partial charge in [-0.25, -0.2) is 0 Å². The number of hydrogen-bond donors (Lipinski definition) is 1. The number of fused-ring (bicyclic) bond motifs is 1. The van der Waals surface area contributed by atoms with Gasteiger partial charge in [-0.15, -0.1) is 0 Å². The standard InChI is InChI=1S/C32H47NO6/c1-21(2)31-24(13-12-23-19-29(38-6)30(39-7)20-26(23)31)25(32(34)35)15-17-33(3)16-9-8-10-22-11-14-27(36-4)28(18-22)37-5/h11,14,18-21,24-25,31H,8-10,12-13,15-17H2,1-7H3,(H,34,35)/t24-,25?,31+/m0/s1. The van der Waals surface area contributed by atoms with Crippen LogP contribution in [0.3, 0.4) is 0 Å². The highest BCUT2D eigenvalue weighted by Gasteiger charge is 2.40. The largest absolute Gasteiger partial charge is 0.493 e. The lowest BCUT2D eigenvalue weighted by molar-refractivity contribution is -0.145. The first kappa shape index (κ1) is 30.6. The summed E-state index contributed by atoms with van der Waals surface area (Å²) >= 11 is 0. The molecule has 0 aromatic heterocycles. The number of nitrogens with zero attached hydrogens (tertiary/aromatic N) is 1. The molecule has 3 rings (SSSR count). The summed E-state index contributed by atoms with van der Waals surface area (Å²) in [5.74, 6) is 2.46. The van der Waals surface area contributed by atoms with E-state index >= 15 is 0 Å². The molecule has 2 aromatic rings. The molecule has 0 heterocycles. The number of benzene rings is 2. The second-order valence-corrected chi connectivity index (χ2v) is 11.1. The minimum Gasteiger partial charge on any atom is -0.493 e. The third-order valence-corrected chi connectivity index (χ3v) is 8.29. The minimum atomic E-state index is -0.684. The second-order valence-electron chi connectivity index (χ2n) is 11.1. The summed E-state index contributed by atoms with van der Waals surface area (Å²) in [5, 5.41) is 10.3. The SMILES string of the molecule is COc1ccc(CCCCN(C)CCC(C(=O)O)[C@@H]2CCc3cc(OC)c(OC)cc3[C@@H]2C(C)C)cc1OC. The fourth-order valence-electron chi connectivity index (χ4n) is 6.24. The Labute approximate surface area is 234 Å². The van der Waals surface area contributed by atoms with Crippen molar-refractivity contribution in [2.24, 2.45) is 17.8 Å².